The van der Waals surface area contributed by atoms with Gasteiger partial charge in [0.05, 0.1) is 0 Å². The smallest absolute Gasteiger partial charge is 0.243 e. The molecule has 0 aromatic heterocycles. The Bertz CT molecular complexity index is 777. The molecule has 21 heavy (non-hydrogen) atoms. The first-order valence-corrected chi connectivity index (χ1v) is 7.59. The molecule has 0 fully saturated rings. The van der Waals surface area contributed by atoms with Crippen molar-refractivity contribution in [2.24, 2.45) is 0 Å². The molecular formula is C14H14F2N2O2S. The molecule has 2 aromatic carbocycles. The summed E-state index contributed by atoms with van der Waals surface area (Å²) in [7, 11) is -4.12. The van der Waals surface area contributed by atoms with Gasteiger partial charge in [-0.2, -0.15) is 0 Å². The lowest BCUT2D eigenvalue weighted by Gasteiger charge is -2.10. The van der Waals surface area contributed by atoms with E-state index in [1.807, 2.05) is 19.1 Å². The van der Waals surface area contributed by atoms with Crippen LogP contribution < -0.4 is 10.5 Å². The molecule has 0 spiro atoms. The van der Waals surface area contributed by atoms with Crippen LogP contribution in [-0.2, 0) is 16.6 Å². The van der Waals surface area contributed by atoms with Gasteiger partial charge in [0, 0.05) is 6.54 Å². The molecule has 2 aromatic rings. The van der Waals surface area contributed by atoms with Crippen molar-refractivity contribution in [1.82, 2.24) is 4.72 Å². The minimum Gasteiger partial charge on any atom is -0.394 e. The Kier molecular flexibility index (Phi) is 4.24. The molecule has 0 bridgehead atoms. The van der Waals surface area contributed by atoms with E-state index in [-0.39, 0.29) is 6.54 Å². The molecule has 0 amide bonds. The minimum absolute atomic E-state index is 0.00568. The van der Waals surface area contributed by atoms with Gasteiger partial charge in [-0.1, -0.05) is 24.3 Å². The van der Waals surface area contributed by atoms with Gasteiger partial charge in [0.15, 0.2) is 5.82 Å². The minimum atomic E-state index is -4.12. The lowest BCUT2D eigenvalue weighted by molar-refractivity contribution is 0.548. The van der Waals surface area contributed by atoms with E-state index in [2.05, 4.69) is 4.72 Å². The first kappa shape index (κ1) is 15.4. The van der Waals surface area contributed by atoms with Crippen LogP contribution in [-0.4, -0.2) is 8.42 Å². The predicted octanol–water partition coefficient (Wildman–Crippen LogP) is 2.33. The largest absolute Gasteiger partial charge is 0.394 e. The number of nitrogens with two attached hydrogens (primary N) is 1. The zero-order chi connectivity index (χ0) is 15.6. The summed E-state index contributed by atoms with van der Waals surface area (Å²) in [5.41, 5.74) is 6.02. The fourth-order valence-corrected chi connectivity index (χ4v) is 2.91. The second-order valence-corrected chi connectivity index (χ2v) is 6.26. The molecule has 0 aliphatic rings. The van der Waals surface area contributed by atoms with Gasteiger partial charge >= 0.3 is 0 Å². The van der Waals surface area contributed by atoms with Crippen LogP contribution in [0.2, 0.25) is 0 Å². The Morgan fingerprint density at radius 2 is 1.81 bits per heavy atom. The second-order valence-electron chi connectivity index (χ2n) is 4.52. The van der Waals surface area contributed by atoms with Crippen molar-refractivity contribution >= 4 is 15.7 Å². The molecule has 0 atom stereocenters. The van der Waals surface area contributed by atoms with Gasteiger partial charge < -0.3 is 5.73 Å². The van der Waals surface area contributed by atoms with E-state index in [0.717, 1.165) is 23.3 Å². The maximum Gasteiger partial charge on any atom is 0.243 e. The van der Waals surface area contributed by atoms with Crippen LogP contribution in [0.15, 0.2) is 41.3 Å². The van der Waals surface area contributed by atoms with E-state index in [1.54, 1.807) is 12.1 Å². The number of anilines is 1. The van der Waals surface area contributed by atoms with Crippen LogP contribution in [0.25, 0.3) is 0 Å². The maximum atomic E-state index is 13.8. The van der Waals surface area contributed by atoms with Crippen molar-refractivity contribution in [3.8, 4) is 0 Å². The molecule has 0 unspecified atom stereocenters. The number of hydrogen-bond acceptors (Lipinski definition) is 3. The Morgan fingerprint density at radius 3 is 2.48 bits per heavy atom. The molecule has 0 heterocycles. The summed E-state index contributed by atoms with van der Waals surface area (Å²) in [5, 5.41) is 0. The van der Waals surface area contributed by atoms with Crippen LogP contribution in [0, 0.1) is 18.6 Å². The number of benzene rings is 2. The standard InChI is InChI=1S/C14H14F2N2O2S/c1-9-4-2-3-5-10(9)8-18-21(19,20)12-7-6-11(15)14(17)13(12)16/h2-7,18H,8,17H2,1H3. The van der Waals surface area contributed by atoms with Crippen LogP contribution >= 0.6 is 0 Å². The Balaban J connectivity index is 2.28. The molecule has 0 saturated heterocycles. The molecule has 0 aliphatic heterocycles. The van der Waals surface area contributed by atoms with E-state index in [9.17, 15) is 17.2 Å². The van der Waals surface area contributed by atoms with Crippen molar-refractivity contribution in [1.29, 1.82) is 0 Å². The van der Waals surface area contributed by atoms with Crippen molar-refractivity contribution in [3.63, 3.8) is 0 Å². The number of hydrogen-bond donors (Lipinski definition) is 2. The zero-order valence-electron chi connectivity index (χ0n) is 11.2. The lowest BCUT2D eigenvalue weighted by Crippen LogP contribution is -2.25. The zero-order valence-corrected chi connectivity index (χ0v) is 12.0. The molecule has 0 saturated carbocycles. The summed E-state index contributed by atoms with van der Waals surface area (Å²) >= 11 is 0. The van der Waals surface area contributed by atoms with E-state index >= 15 is 0 Å². The number of sulfonamides is 1. The Morgan fingerprint density at radius 1 is 1.14 bits per heavy atom. The highest BCUT2D eigenvalue weighted by molar-refractivity contribution is 7.89. The fourth-order valence-electron chi connectivity index (χ4n) is 1.82. The molecule has 7 heteroatoms. The highest BCUT2D eigenvalue weighted by atomic mass is 32.2. The average molecular weight is 312 g/mol. The van der Waals surface area contributed by atoms with E-state index in [0.29, 0.717) is 0 Å². The predicted molar refractivity (Wildman–Crippen MR) is 76.0 cm³/mol. The van der Waals surface area contributed by atoms with E-state index < -0.39 is 32.2 Å². The first-order valence-electron chi connectivity index (χ1n) is 6.10. The highest BCUT2D eigenvalue weighted by Crippen LogP contribution is 2.22. The van der Waals surface area contributed by atoms with Crippen molar-refractivity contribution in [2.45, 2.75) is 18.4 Å². The summed E-state index contributed by atoms with van der Waals surface area (Å²) in [6.45, 7) is 1.84. The average Bonchev–Trinajstić information content (AvgIpc) is 2.44. The molecular weight excluding hydrogens is 298 g/mol. The molecule has 3 N–H and O–H groups in total. The van der Waals surface area contributed by atoms with Crippen LogP contribution in [0.5, 0.6) is 0 Å². The monoisotopic (exact) mass is 312 g/mol. The summed E-state index contributed by atoms with van der Waals surface area (Å²) in [4.78, 5) is -0.671. The van der Waals surface area contributed by atoms with Crippen molar-refractivity contribution in [3.05, 3.63) is 59.2 Å². The molecule has 0 aliphatic carbocycles. The van der Waals surface area contributed by atoms with Crippen molar-refractivity contribution < 1.29 is 17.2 Å². The third-order valence-electron chi connectivity index (χ3n) is 3.09. The molecule has 112 valence electrons. The van der Waals surface area contributed by atoms with Gasteiger partial charge in [0.1, 0.15) is 16.4 Å². The molecule has 2 rings (SSSR count). The maximum absolute atomic E-state index is 13.8. The Labute approximate surface area is 121 Å². The topological polar surface area (TPSA) is 72.2 Å². The summed E-state index contributed by atoms with van der Waals surface area (Å²) < 4.78 is 53.3. The number of nitrogen functional groups attached to an aromatic ring is 1. The van der Waals surface area contributed by atoms with Crippen LogP contribution in [0.1, 0.15) is 11.1 Å². The number of nitrogens with one attached hydrogen (secondary N) is 1. The van der Waals surface area contributed by atoms with Gasteiger partial charge in [-0.05, 0) is 30.2 Å². The number of aryl methyl sites for hydroxylation is 1. The summed E-state index contributed by atoms with van der Waals surface area (Å²) in [5.74, 6) is -2.28. The van der Waals surface area contributed by atoms with Gasteiger partial charge in [-0.15, -0.1) is 0 Å². The Hall–Kier alpha value is -1.99. The normalized spacial score (nSPS) is 11.6. The quantitative estimate of drug-likeness (QED) is 0.851. The third kappa shape index (κ3) is 3.20. The van der Waals surface area contributed by atoms with E-state index in [1.165, 1.54) is 0 Å². The first-order chi connectivity index (χ1) is 9.83. The second kappa shape index (κ2) is 5.79. The van der Waals surface area contributed by atoms with Gasteiger partial charge in [0.2, 0.25) is 10.0 Å². The molecule has 4 nitrogen and oxygen atoms in total. The lowest BCUT2D eigenvalue weighted by atomic mass is 10.1. The number of halogens is 2. The number of rotatable bonds is 4. The van der Waals surface area contributed by atoms with Crippen LogP contribution in [0.3, 0.4) is 0 Å². The van der Waals surface area contributed by atoms with Crippen molar-refractivity contribution in [2.75, 3.05) is 5.73 Å². The highest BCUT2D eigenvalue weighted by Gasteiger charge is 2.22. The van der Waals surface area contributed by atoms with Crippen LogP contribution in [0.4, 0.5) is 14.5 Å². The SMILES string of the molecule is Cc1ccccc1CNS(=O)(=O)c1ccc(F)c(N)c1F. The van der Waals surface area contributed by atoms with Gasteiger partial charge in [-0.25, -0.2) is 21.9 Å². The van der Waals surface area contributed by atoms with Gasteiger partial charge in [0.25, 0.3) is 0 Å². The van der Waals surface area contributed by atoms with E-state index in [4.69, 9.17) is 5.73 Å². The fraction of sp³-hybridized carbons (Fsp3) is 0.143. The third-order valence-corrected chi connectivity index (χ3v) is 4.51. The van der Waals surface area contributed by atoms with Gasteiger partial charge in [-0.3, -0.25) is 0 Å². The molecule has 0 radical (unpaired) electrons. The summed E-state index contributed by atoms with van der Waals surface area (Å²) in [6.07, 6.45) is 0. The summed E-state index contributed by atoms with van der Waals surface area (Å²) in [6, 6.07) is 8.86.